The third-order valence-corrected chi connectivity index (χ3v) is 6.20. The number of rotatable bonds is 4. The monoisotopic (exact) mass is 459 g/mol. The maximum Gasteiger partial charge on any atom is 0.191 e. The highest BCUT2D eigenvalue weighted by Gasteiger charge is 2.66. The SMILES string of the molecule is CN=C(NCCc1ccccc1F)NC1C2CCOC2C12CCC2.I. The molecule has 2 aliphatic carbocycles. The van der Waals surface area contributed by atoms with Crippen molar-refractivity contribution in [3.63, 3.8) is 0 Å². The first-order chi connectivity index (χ1) is 11.7. The summed E-state index contributed by atoms with van der Waals surface area (Å²) in [4.78, 5) is 4.36. The van der Waals surface area contributed by atoms with Gasteiger partial charge < -0.3 is 15.4 Å². The Morgan fingerprint density at radius 2 is 2.16 bits per heavy atom. The van der Waals surface area contributed by atoms with Gasteiger partial charge in [-0.15, -0.1) is 24.0 Å². The summed E-state index contributed by atoms with van der Waals surface area (Å²) in [6, 6.07) is 7.42. The highest BCUT2D eigenvalue weighted by molar-refractivity contribution is 14.0. The van der Waals surface area contributed by atoms with E-state index < -0.39 is 0 Å². The summed E-state index contributed by atoms with van der Waals surface area (Å²) in [7, 11) is 1.80. The van der Waals surface area contributed by atoms with Crippen LogP contribution in [0, 0.1) is 17.2 Å². The number of aliphatic imine (C=N–C) groups is 1. The van der Waals surface area contributed by atoms with E-state index in [1.54, 1.807) is 13.1 Å². The van der Waals surface area contributed by atoms with Crippen molar-refractivity contribution in [2.24, 2.45) is 16.3 Å². The summed E-state index contributed by atoms with van der Waals surface area (Å²) in [6.07, 6.45) is 6.09. The van der Waals surface area contributed by atoms with E-state index in [1.807, 2.05) is 12.1 Å². The molecule has 1 aromatic rings. The van der Waals surface area contributed by atoms with E-state index in [2.05, 4.69) is 15.6 Å². The Morgan fingerprint density at radius 1 is 1.36 bits per heavy atom. The van der Waals surface area contributed by atoms with Crippen molar-refractivity contribution in [1.29, 1.82) is 0 Å². The van der Waals surface area contributed by atoms with Gasteiger partial charge in [0, 0.05) is 37.6 Å². The third kappa shape index (κ3) is 3.27. The Bertz CT molecular complexity index is 635. The molecule has 3 fully saturated rings. The largest absolute Gasteiger partial charge is 0.377 e. The first-order valence-corrected chi connectivity index (χ1v) is 9.07. The van der Waals surface area contributed by atoms with E-state index in [4.69, 9.17) is 4.74 Å². The van der Waals surface area contributed by atoms with E-state index >= 15 is 0 Å². The van der Waals surface area contributed by atoms with Crippen LogP contribution in [0.25, 0.3) is 0 Å². The molecule has 1 aliphatic heterocycles. The van der Waals surface area contributed by atoms with Crippen molar-refractivity contribution >= 4 is 29.9 Å². The molecule has 6 heteroatoms. The van der Waals surface area contributed by atoms with Gasteiger partial charge in [0.1, 0.15) is 5.82 Å². The van der Waals surface area contributed by atoms with Gasteiger partial charge >= 0.3 is 0 Å². The molecular weight excluding hydrogens is 432 g/mol. The maximum atomic E-state index is 13.7. The molecule has 138 valence electrons. The summed E-state index contributed by atoms with van der Waals surface area (Å²) in [5, 5.41) is 6.97. The fraction of sp³-hybridized carbons (Fsp3) is 0.632. The quantitative estimate of drug-likeness (QED) is 0.414. The van der Waals surface area contributed by atoms with Crippen LogP contribution in [0.5, 0.6) is 0 Å². The van der Waals surface area contributed by atoms with Crippen LogP contribution < -0.4 is 10.6 Å². The average Bonchev–Trinajstić information content (AvgIpc) is 2.96. The lowest BCUT2D eigenvalue weighted by Gasteiger charge is -2.63. The Hall–Kier alpha value is -0.890. The summed E-state index contributed by atoms with van der Waals surface area (Å²) in [6.45, 7) is 1.57. The number of nitrogens with one attached hydrogen (secondary N) is 2. The molecule has 3 aliphatic rings. The van der Waals surface area contributed by atoms with Crippen LogP contribution in [0.3, 0.4) is 0 Å². The lowest BCUT2D eigenvalue weighted by atomic mass is 9.46. The molecule has 1 aromatic carbocycles. The lowest BCUT2D eigenvalue weighted by molar-refractivity contribution is -0.171. The van der Waals surface area contributed by atoms with Crippen LogP contribution in [0.2, 0.25) is 0 Å². The minimum absolute atomic E-state index is 0. The Kier molecular flexibility index (Phi) is 5.88. The zero-order valence-corrected chi connectivity index (χ0v) is 17.0. The normalized spacial score (nSPS) is 29.2. The smallest absolute Gasteiger partial charge is 0.191 e. The predicted octanol–water partition coefficient (Wildman–Crippen LogP) is 3.11. The second-order valence-electron chi connectivity index (χ2n) is 7.29. The van der Waals surface area contributed by atoms with Gasteiger partial charge in [-0.2, -0.15) is 0 Å². The molecule has 1 saturated heterocycles. The molecule has 0 radical (unpaired) electrons. The number of nitrogens with zero attached hydrogens (tertiary/aromatic N) is 1. The van der Waals surface area contributed by atoms with E-state index in [0.29, 0.717) is 36.4 Å². The average molecular weight is 459 g/mol. The summed E-state index contributed by atoms with van der Waals surface area (Å²) < 4.78 is 19.6. The molecule has 4 nitrogen and oxygen atoms in total. The minimum Gasteiger partial charge on any atom is -0.377 e. The van der Waals surface area contributed by atoms with Crippen LogP contribution in [0.1, 0.15) is 31.2 Å². The van der Waals surface area contributed by atoms with E-state index in [-0.39, 0.29) is 29.8 Å². The summed E-state index contributed by atoms with van der Waals surface area (Å²) in [5.74, 6) is 1.31. The van der Waals surface area contributed by atoms with Gasteiger partial charge in [0.15, 0.2) is 5.96 Å². The molecule has 1 heterocycles. The minimum atomic E-state index is -0.138. The lowest BCUT2D eigenvalue weighted by Crippen LogP contribution is -2.72. The Balaban J connectivity index is 0.00000182. The van der Waals surface area contributed by atoms with Gasteiger partial charge in [-0.05, 0) is 37.3 Å². The van der Waals surface area contributed by atoms with Gasteiger partial charge in [-0.1, -0.05) is 24.6 Å². The Morgan fingerprint density at radius 3 is 2.84 bits per heavy atom. The van der Waals surface area contributed by atoms with Gasteiger partial charge in [-0.25, -0.2) is 4.39 Å². The van der Waals surface area contributed by atoms with Gasteiger partial charge in [-0.3, -0.25) is 4.99 Å². The number of hydrogen-bond donors (Lipinski definition) is 2. The van der Waals surface area contributed by atoms with Crippen LogP contribution in [-0.2, 0) is 11.2 Å². The fourth-order valence-electron chi connectivity index (χ4n) is 4.81. The van der Waals surface area contributed by atoms with Gasteiger partial charge in [0.05, 0.1) is 6.10 Å². The van der Waals surface area contributed by atoms with E-state index in [1.165, 1.54) is 25.3 Å². The molecule has 0 amide bonds. The molecular formula is C19H27FIN3O. The van der Waals surface area contributed by atoms with Crippen molar-refractivity contribution in [2.75, 3.05) is 20.2 Å². The highest BCUT2D eigenvalue weighted by Crippen LogP contribution is 2.62. The highest BCUT2D eigenvalue weighted by atomic mass is 127. The van der Waals surface area contributed by atoms with Crippen molar-refractivity contribution in [2.45, 2.75) is 44.2 Å². The summed E-state index contributed by atoms with van der Waals surface area (Å²) in [5.41, 5.74) is 1.08. The second kappa shape index (κ2) is 7.78. The molecule has 25 heavy (non-hydrogen) atoms. The number of benzene rings is 1. The maximum absolute atomic E-state index is 13.7. The standard InChI is InChI=1S/C19H26FN3O.HI/c1-21-18(22-11-7-13-5-2-3-6-15(13)20)23-16-14-8-12-24-17(14)19(16)9-4-10-19;/h2-3,5-6,14,16-17H,4,7-12H2,1H3,(H2,21,22,23);1H. The molecule has 1 spiro atoms. The number of guanidine groups is 1. The van der Waals surface area contributed by atoms with Crippen LogP contribution in [-0.4, -0.2) is 38.3 Å². The number of ether oxygens (including phenoxy) is 1. The molecule has 3 unspecified atom stereocenters. The number of fused-ring (bicyclic) bond motifs is 2. The number of halogens is 2. The number of hydrogen-bond acceptors (Lipinski definition) is 2. The fourth-order valence-corrected chi connectivity index (χ4v) is 4.81. The van der Waals surface area contributed by atoms with Crippen LogP contribution >= 0.6 is 24.0 Å². The Labute approximate surface area is 166 Å². The first-order valence-electron chi connectivity index (χ1n) is 9.07. The molecule has 0 aromatic heterocycles. The zero-order valence-electron chi connectivity index (χ0n) is 14.6. The topological polar surface area (TPSA) is 45.7 Å². The van der Waals surface area contributed by atoms with Crippen molar-refractivity contribution in [3.8, 4) is 0 Å². The third-order valence-electron chi connectivity index (χ3n) is 6.20. The molecule has 3 atom stereocenters. The van der Waals surface area contributed by atoms with Crippen LogP contribution in [0.4, 0.5) is 4.39 Å². The first kappa shape index (κ1) is 18.9. The van der Waals surface area contributed by atoms with Crippen LogP contribution in [0.15, 0.2) is 29.3 Å². The molecule has 2 N–H and O–H groups in total. The molecule has 4 rings (SSSR count). The molecule has 2 saturated carbocycles. The van der Waals surface area contributed by atoms with Crippen molar-refractivity contribution in [1.82, 2.24) is 10.6 Å². The summed E-state index contributed by atoms with van der Waals surface area (Å²) >= 11 is 0. The van der Waals surface area contributed by atoms with Gasteiger partial charge in [0.2, 0.25) is 0 Å². The van der Waals surface area contributed by atoms with E-state index in [9.17, 15) is 4.39 Å². The zero-order chi connectivity index (χ0) is 16.6. The van der Waals surface area contributed by atoms with Gasteiger partial charge in [0.25, 0.3) is 0 Å². The predicted molar refractivity (Wildman–Crippen MR) is 108 cm³/mol. The second-order valence-corrected chi connectivity index (χ2v) is 7.29. The molecule has 0 bridgehead atoms. The van der Waals surface area contributed by atoms with E-state index in [0.717, 1.165) is 24.6 Å². The van der Waals surface area contributed by atoms with Crippen molar-refractivity contribution < 1.29 is 9.13 Å². The van der Waals surface area contributed by atoms with Crippen molar-refractivity contribution in [3.05, 3.63) is 35.6 Å².